The lowest BCUT2D eigenvalue weighted by Crippen LogP contribution is -2.47. The number of rotatable bonds is 3. The minimum Gasteiger partial charge on any atom is -0.325 e. The van der Waals surface area contributed by atoms with Gasteiger partial charge in [0.25, 0.3) is 0 Å². The molecule has 1 heterocycles. The fourth-order valence-electron chi connectivity index (χ4n) is 2.73. The van der Waals surface area contributed by atoms with Gasteiger partial charge in [0.2, 0.25) is 0 Å². The van der Waals surface area contributed by atoms with Crippen LogP contribution in [-0.4, -0.2) is 84.0 Å². The first-order valence-corrected chi connectivity index (χ1v) is 8.68. The van der Waals surface area contributed by atoms with Crippen LogP contribution in [0.5, 0.6) is 0 Å². The first-order chi connectivity index (χ1) is 10.7. The van der Waals surface area contributed by atoms with E-state index >= 15 is 0 Å². The largest absolute Gasteiger partial charge is 0.325 e. The van der Waals surface area contributed by atoms with Gasteiger partial charge >= 0.3 is 12.1 Å². The molecule has 1 saturated heterocycles. The van der Waals surface area contributed by atoms with Crippen molar-refractivity contribution in [3.05, 3.63) is 0 Å². The van der Waals surface area contributed by atoms with E-state index in [1.807, 2.05) is 58.6 Å². The summed E-state index contributed by atoms with van der Waals surface area (Å²) in [5.74, 6) is 0. The highest BCUT2D eigenvalue weighted by Crippen LogP contribution is 2.18. The summed E-state index contributed by atoms with van der Waals surface area (Å²) in [5, 5.41) is 0. The van der Waals surface area contributed by atoms with E-state index in [1.54, 1.807) is 9.80 Å². The maximum Gasteiger partial charge on any atom is 0.319 e. The van der Waals surface area contributed by atoms with Crippen LogP contribution < -0.4 is 0 Å². The lowest BCUT2D eigenvalue weighted by atomic mass is 10.1. The monoisotopic (exact) mass is 326 g/mol. The lowest BCUT2D eigenvalue weighted by molar-refractivity contribution is 0.139. The molecular formula is C17H34N4O2. The van der Waals surface area contributed by atoms with Gasteiger partial charge in [-0.1, -0.05) is 0 Å². The Morgan fingerprint density at radius 2 is 1.48 bits per heavy atom. The van der Waals surface area contributed by atoms with Gasteiger partial charge in [0.15, 0.2) is 0 Å². The average Bonchev–Trinajstić information content (AvgIpc) is 2.76. The fourth-order valence-corrected chi connectivity index (χ4v) is 2.73. The molecule has 1 atom stereocenters. The van der Waals surface area contributed by atoms with Crippen molar-refractivity contribution in [1.82, 2.24) is 19.6 Å². The third-order valence-corrected chi connectivity index (χ3v) is 4.97. The minimum atomic E-state index is 0.0593. The van der Waals surface area contributed by atoms with Gasteiger partial charge in [0.1, 0.15) is 0 Å². The van der Waals surface area contributed by atoms with Crippen LogP contribution in [0.1, 0.15) is 47.0 Å². The zero-order valence-corrected chi connectivity index (χ0v) is 15.9. The Morgan fingerprint density at radius 3 is 2.00 bits per heavy atom. The van der Waals surface area contributed by atoms with Crippen molar-refractivity contribution in [2.24, 2.45) is 0 Å². The molecule has 0 aromatic heterocycles. The first-order valence-electron chi connectivity index (χ1n) is 8.68. The number of amides is 4. The third-order valence-electron chi connectivity index (χ3n) is 4.97. The Kier molecular flexibility index (Phi) is 7.16. The predicted molar refractivity (Wildman–Crippen MR) is 93.6 cm³/mol. The van der Waals surface area contributed by atoms with Crippen LogP contribution in [-0.2, 0) is 0 Å². The summed E-state index contributed by atoms with van der Waals surface area (Å²) in [6.07, 6.45) is 2.72. The average molecular weight is 326 g/mol. The van der Waals surface area contributed by atoms with Gasteiger partial charge in [-0.25, -0.2) is 9.59 Å². The molecule has 0 radical (unpaired) electrons. The third kappa shape index (κ3) is 5.01. The molecule has 4 amide bonds. The van der Waals surface area contributed by atoms with Crippen LogP contribution in [0.15, 0.2) is 0 Å². The second-order valence-corrected chi connectivity index (χ2v) is 7.16. The van der Waals surface area contributed by atoms with Gasteiger partial charge in [-0.05, 0) is 47.0 Å². The summed E-state index contributed by atoms with van der Waals surface area (Å²) in [6, 6.07) is 0.739. The molecule has 0 spiro atoms. The van der Waals surface area contributed by atoms with Gasteiger partial charge in [0, 0.05) is 52.4 Å². The number of carbonyl (C=O) groups is 2. The smallest absolute Gasteiger partial charge is 0.319 e. The Labute approximate surface area is 141 Å². The van der Waals surface area contributed by atoms with Gasteiger partial charge in [-0.2, -0.15) is 0 Å². The summed E-state index contributed by atoms with van der Waals surface area (Å²) in [7, 11) is 5.57. The number of hydrogen-bond donors (Lipinski definition) is 0. The number of urea groups is 2. The zero-order valence-electron chi connectivity index (χ0n) is 15.9. The van der Waals surface area contributed by atoms with Crippen LogP contribution >= 0.6 is 0 Å². The van der Waals surface area contributed by atoms with E-state index in [0.29, 0.717) is 6.54 Å². The van der Waals surface area contributed by atoms with Crippen molar-refractivity contribution >= 4 is 12.1 Å². The summed E-state index contributed by atoms with van der Waals surface area (Å²) in [6.45, 7) is 9.55. The molecule has 1 fully saturated rings. The quantitative estimate of drug-likeness (QED) is 0.800. The van der Waals surface area contributed by atoms with E-state index in [-0.39, 0.29) is 30.2 Å². The molecule has 0 N–H and O–H groups in total. The molecule has 0 aromatic rings. The van der Waals surface area contributed by atoms with Crippen molar-refractivity contribution in [3.63, 3.8) is 0 Å². The van der Waals surface area contributed by atoms with Crippen molar-refractivity contribution in [3.8, 4) is 0 Å². The van der Waals surface area contributed by atoms with E-state index in [2.05, 4.69) is 0 Å². The van der Waals surface area contributed by atoms with Gasteiger partial charge in [-0.15, -0.1) is 0 Å². The normalized spacial score (nSPS) is 18.8. The molecule has 0 saturated carbocycles. The highest BCUT2D eigenvalue weighted by molar-refractivity contribution is 5.75. The minimum absolute atomic E-state index is 0.0593. The van der Waals surface area contributed by atoms with Crippen molar-refractivity contribution < 1.29 is 9.59 Å². The fraction of sp³-hybridized carbons (Fsp3) is 0.882. The molecule has 1 aliphatic rings. The first kappa shape index (κ1) is 19.6. The molecule has 6 heteroatoms. The second kappa shape index (κ2) is 8.41. The lowest BCUT2D eigenvalue weighted by Gasteiger charge is -2.33. The van der Waals surface area contributed by atoms with Crippen molar-refractivity contribution in [1.29, 1.82) is 0 Å². The molecule has 23 heavy (non-hydrogen) atoms. The van der Waals surface area contributed by atoms with Crippen molar-refractivity contribution in [2.45, 2.75) is 65.1 Å². The number of likely N-dealkylation sites (tertiary alicyclic amines) is 1. The molecule has 0 unspecified atom stereocenters. The maximum atomic E-state index is 12.5. The van der Waals surface area contributed by atoms with E-state index in [9.17, 15) is 9.59 Å². The Balaban J connectivity index is 2.65. The molecule has 1 rings (SSSR count). The standard InChI is InChI=1S/C17H34N4O2/c1-13(2)18(5)16(22)20(7)15-9-8-11-21(12-10-15)17(23)19(6)14(3)4/h13-15H,8-12H2,1-7H3/t15-/m1/s1. The predicted octanol–water partition coefficient (Wildman–Crippen LogP) is 2.69. The van der Waals surface area contributed by atoms with Gasteiger partial charge in [-0.3, -0.25) is 0 Å². The highest BCUT2D eigenvalue weighted by Gasteiger charge is 2.28. The SMILES string of the molecule is CC(C)N(C)C(=O)N1CCC[C@@H](N(C)C(=O)N(C)C(C)C)CC1. The van der Waals surface area contributed by atoms with Crippen LogP contribution in [0.2, 0.25) is 0 Å². The molecular weight excluding hydrogens is 292 g/mol. The Hall–Kier alpha value is -1.46. The van der Waals surface area contributed by atoms with E-state index in [1.165, 1.54) is 0 Å². The molecule has 134 valence electrons. The second-order valence-electron chi connectivity index (χ2n) is 7.16. The zero-order chi connectivity index (χ0) is 17.7. The van der Waals surface area contributed by atoms with E-state index < -0.39 is 0 Å². The van der Waals surface area contributed by atoms with Crippen LogP contribution in [0.3, 0.4) is 0 Å². The van der Waals surface area contributed by atoms with Crippen LogP contribution in [0.25, 0.3) is 0 Å². The molecule has 1 aliphatic heterocycles. The summed E-state index contributed by atoms with van der Waals surface area (Å²) in [5.41, 5.74) is 0. The molecule has 6 nitrogen and oxygen atoms in total. The molecule has 0 aromatic carbocycles. The highest BCUT2D eigenvalue weighted by atomic mass is 16.2. The van der Waals surface area contributed by atoms with Gasteiger partial charge < -0.3 is 19.6 Å². The number of nitrogens with zero attached hydrogens (tertiary/aromatic N) is 4. The van der Waals surface area contributed by atoms with Crippen molar-refractivity contribution in [2.75, 3.05) is 34.2 Å². The molecule has 0 bridgehead atoms. The topological polar surface area (TPSA) is 47.1 Å². The van der Waals surface area contributed by atoms with E-state index in [0.717, 1.165) is 25.8 Å². The van der Waals surface area contributed by atoms with Crippen LogP contribution in [0, 0.1) is 0 Å². The van der Waals surface area contributed by atoms with Gasteiger partial charge in [0.05, 0.1) is 0 Å². The Morgan fingerprint density at radius 1 is 0.913 bits per heavy atom. The summed E-state index contributed by atoms with van der Waals surface area (Å²) < 4.78 is 0. The van der Waals surface area contributed by atoms with Crippen LogP contribution in [0.4, 0.5) is 9.59 Å². The maximum absolute atomic E-state index is 12.5. The number of carbonyl (C=O) groups excluding carboxylic acids is 2. The molecule has 0 aliphatic carbocycles. The Bertz CT molecular complexity index is 411. The number of hydrogen-bond acceptors (Lipinski definition) is 2. The van der Waals surface area contributed by atoms with E-state index in [4.69, 9.17) is 0 Å². The summed E-state index contributed by atoms with van der Waals surface area (Å²) >= 11 is 0. The summed E-state index contributed by atoms with van der Waals surface area (Å²) in [4.78, 5) is 32.2.